The number of quaternary nitrogens is 1. The highest BCUT2D eigenvalue weighted by Crippen LogP contribution is 2.14. The van der Waals surface area contributed by atoms with Crippen LogP contribution in [0, 0.1) is 0 Å². The van der Waals surface area contributed by atoms with Gasteiger partial charge in [0, 0.05) is 12.8 Å². The molecule has 0 bridgehead atoms. The molecule has 0 saturated carbocycles. The Hall–Kier alpha value is -5.09. The number of likely N-dealkylation sites (N-methyl/N-ethyl adjacent to an activating group) is 1. The Balaban J connectivity index is 4.18. The van der Waals surface area contributed by atoms with Crippen molar-refractivity contribution in [1.29, 1.82) is 0 Å². The first-order valence-electron chi connectivity index (χ1n) is 29.6. The third-order valence-corrected chi connectivity index (χ3v) is 11.8. The van der Waals surface area contributed by atoms with Crippen LogP contribution in [0.1, 0.15) is 194 Å². The van der Waals surface area contributed by atoms with E-state index in [0.717, 1.165) is 109 Å². The lowest BCUT2D eigenvalue weighted by Gasteiger charge is -2.25. The van der Waals surface area contributed by atoms with E-state index in [9.17, 15) is 19.5 Å². The summed E-state index contributed by atoms with van der Waals surface area (Å²) in [5, 5.41) is 9.68. The van der Waals surface area contributed by atoms with Gasteiger partial charge in [-0.05, 0) is 109 Å². The van der Waals surface area contributed by atoms with E-state index in [2.05, 4.69) is 160 Å². The zero-order chi connectivity index (χ0) is 56.2. The lowest BCUT2D eigenvalue weighted by molar-refractivity contribution is -0.870. The van der Waals surface area contributed by atoms with Crippen molar-refractivity contribution in [3.05, 3.63) is 158 Å². The maximum atomic E-state index is 12.9. The lowest BCUT2D eigenvalue weighted by atomic mass is 10.0. The maximum absolute atomic E-state index is 12.9. The Morgan fingerprint density at radius 3 is 1.09 bits per heavy atom. The van der Waals surface area contributed by atoms with Gasteiger partial charge in [-0.15, -0.1) is 0 Å². The van der Waals surface area contributed by atoms with Gasteiger partial charge in [-0.1, -0.05) is 230 Å². The van der Waals surface area contributed by atoms with Crippen LogP contribution in [0.15, 0.2) is 158 Å². The van der Waals surface area contributed by atoms with Crippen molar-refractivity contribution >= 4 is 17.9 Å². The number of carboxylic acid groups (broad SMARTS) is 1. The molecule has 1 N–H and O–H groups in total. The second kappa shape index (κ2) is 57.1. The average molecular weight is 1070 g/mol. The predicted octanol–water partition coefficient (Wildman–Crippen LogP) is 17.8. The summed E-state index contributed by atoms with van der Waals surface area (Å²) in [6.45, 7) is 4.52. The van der Waals surface area contributed by atoms with Crippen LogP contribution in [0.2, 0.25) is 0 Å². The number of unbranched alkanes of at least 4 members (excludes halogenated alkanes) is 11. The molecule has 0 amide bonds. The molecule has 0 spiro atoms. The van der Waals surface area contributed by atoms with Crippen LogP contribution >= 0.6 is 0 Å². The molecule has 0 radical (unpaired) electrons. The van der Waals surface area contributed by atoms with Gasteiger partial charge in [0.2, 0.25) is 0 Å². The van der Waals surface area contributed by atoms with Gasteiger partial charge in [0.1, 0.15) is 13.2 Å². The van der Waals surface area contributed by atoms with Gasteiger partial charge in [0.25, 0.3) is 6.29 Å². The molecule has 0 saturated heterocycles. The summed E-state index contributed by atoms with van der Waals surface area (Å²) in [7, 11) is 5.93. The smallest absolute Gasteiger partial charge is 0.361 e. The Morgan fingerprint density at radius 1 is 0.390 bits per heavy atom. The molecule has 0 fully saturated rings. The topological polar surface area (TPSA) is 108 Å². The molecule has 0 aliphatic rings. The van der Waals surface area contributed by atoms with E-state index >= 15 is 0 Å². The third kappa shape index (κ3) is 58.4. The first-order valence-corrected chi connectivity index (χ1v) is 29.6. The molecule has 2 atom stereocenters. The summed E-state index contributed by atoms with van der Waals surface area (Å²) >= 11 is 0. The minimum Gasteiger partial charge on any atom is -0.477 e. The molecule has 0 aliphatic carbocycles. The van der Waals surface area contributed by atoms with Gasteiger partial charge in [0.15, 0.2) is 6.10 Å². The molecule has 0 aromatic heterocycles. The number of aliphatic carboxylic acids is 1. The van der Waals surface area contributed by atoms with Crippen LogP contribution in [0.25, 0.3) is 0 Å². The number of ether oxygens (including phenoxy) is 4. The fraction of sp³-hybridized carbons (Fsp3) is 0.574. The summed E-state index contributed by atoms with van der Waals surface area (Å²) in [5.74, 6) is -2.14. The third-order valence-electron chi connectivity index (χ3n) is 11.8. The minimum absolute atomic E-state index is 0.169. The number of esters is 2. The number of carbonyl (C=O) groups excluding carboxylic acids is 2. The van der Waals surface area contributed by atoms with Crippen LogP contribution in [0.4, 0.5) is 0 Å². The maximum Gasteiger partial charge on any atom is 0.361 e. The monoisotopic (exact) mass is 1070 g/mol. The first-order chi connectivity index (χ1) is 37.6. The molecular weight excluding hydrogens is 959 g/mol. The molecule has 0 aromatic carbocycles. The van der Waals surface area contributed by atoms with Gasteiger partial charge in [0.05, 0.1) is 34.4 Å². The van der Waals surface area contributed by atoms with Crippen molar-refractivity contribution in [2.75, 3.05) is 47.5 Å². The first kappa shape index (κ1) is 71.9. The molecule has 0 aliphatic heterocycles. The molecule has 77 heavy (non-hydrogen) atoms. The van der Waals surface area contributed by atoms with Crippen LogP contribution in [0.5, 0.6) is 0 Å². The van der Waals surface area contributed by atoms with Crippen LogP contribution in [-0.4, -0.2) is 87.4 Å². The number of allylic oxidation sites excluding steroid dienone is 26. The van der Waals surface area contributed by atoms with Crippen molar-refractivity contribution < 1.29 is 42.9 Å². The summed E-state index contributed by atoms with van der Waals surface area (Å²) in [6.07, 6.45) is 82.2. The van der Waals surface area contributed by atoms with Crippen LogP contribution < -0.4 is 0 Å². The van der Waals surface area contributed by atoms with Gasteiger partial charge in [-0.3, -0.25) is 9.59 Å². The standard InChI is InChI=1S/C68H107NO8/c1-6-8-10-12-14-16-18-20-21-22-23-24-25-26-27-28-29-30-31-32-33-34-35-36-37-38-39-40-41-42-43-44-45-47-49-51-53-55-57-59-66(71)77-64(63-76-68(67(72)73)74-61-60-69(3,4)5)62-75-65(70)58-56-54-52-50-48-46-19-17-15-13-11-9-7-2/h8-11,14-17,20-21,23-24,26-27,29-30,32-33,35-36,38-39,46,48,52,54,64,68H,6-7,12-13,18-19,22,25,28,31,34,37,40-45,47,49-51,53,55-63H2,1-5H3/p+1/b10-8-,11-9-,16-14-,17-15-,21-20-,24-23-,27-26-,30-29-,33-32-,36-35-,39-38-,48-46-,54-52-. The van der Waals surface area contributed by atoms with Gasteiger partial charge < -0.3 is 28.5 Å². The van der Waals surface area contributed by atoms with Crippen LogP contribution in [0.3, 0.4) is 0 Å². The number of hydrogen-bond acceptors (Lipinski definition) is 7. The number of hydrogen-bond donors (Lipinski definition) is 1. The largest absolute Gasteiger partial charge is 0.477 e. The summed E-state index contributed by atoms with van der Waals surface area (Å²) < 4.78 is 22.7. The van der Waals surface area contributed by atoms with Crippen molar-refractivity contribution in [2.24, 2.45) is 0 Å². The molecular formula is C68H108NO8+. The Labute approximate surface area is 470 Å². The predicted molar refractivity (Wildman–Crippen MR) is 327 cm³/mol. The molecule has 0 rings (SSSR count). The lowest BCUT2D eigenvalue weighted by Crippen LogP contribution is -2.40. The quantitative estimate of drug-likeness (QED) is 0.0211. The molecule has 0 aromatic rings. The fourth-order valence-corrected chi connectivity index (χ4v) is 7.31. The SMILES string of the molecule is CC/C=C\C/C=C\C/C=C\C/C=C\C/C=C\C/C=C\C/C=C\C/C=C\C/C=C\CCCCCCCCCCCCCC(=O)OC(COC(=O)CC/C=C\C/C=C\C/C=C\C/C=C\CC)COC(OCC[N+](C)(C)C)C(=O)O. The number of rotatable bonds is 52. The second-order valence-electron chi connectivity index (χ2n) is 20.2. The number of carbonyl (C=O) groups is 3. The van der Waals surface area contributed by atoms with Gasteiger partial charge in [-0.25, -0.2) is 4.79 Å². The van der Waals surface area contributed by atoms with Gasteiger partial charge >= 0.3 is 17.9 Å². The molecule has 0 heterocycles. The molecule has 432 valence electrons. The average Bonchev–Trinajstić information content (AvgIpc) is 3.40. The molecule has 9 heteroatoms. The van der Waals surface area contributed by atoms with Crippen molar-refractivity contribution in [3.8, 4) is 0 Å². The summed E-state index contributed by atoms with van der Waals surface area (Å²) in [5.41, 5.74) is 0. The minimum atomic E-state index is -1.53. The second-order valence-corrected chi connectivity index (χ2v) is 20.2. The zero-order valence-electron chi connectivity index (χ0n) is 49.0. The van der Waals surface area contributed by atoms with E-state index in [4.69, 9.17) is 18.9 Å². The summed E-state index contributed by atoms with van der Waals surface area (Å²) in [6, 6.07) is 0. The van der Waals surface area contributed by atoms with E-state index in [0.29, 0.717) is 23.9 Å². The Kier molecular flexibility index (Phi) is 53.3. The molecule has 9 nitrogen and oxygen atoms in total. The fourth-order valence-electron chi connectivity index (χ4n) is 7.31. The highest BCUT2D eigenvalue weighted by Gasteiger charge is 2.25. The van der Waals surface area contributed by atoms with Crippen molar-refractivity contribution in [2.45, 2.75) is 206 Å². The highest BCUT2D eigenvalue weighted by atomic mass is 16.7. The zero-order valence-corrected chi connectivity index (χ0v) is 49.0. The Morgan fingerprint density at radius 2 is 0.727 bits per heavy atom. The van der Waals surface area contributed by atoms with E-state index in [1.165, 1.54) is 44.9 Å². The normalized spacial score (nSPS) is 13.9. The van der Waals surface area contributed by atoms with E-state index in [1.54, 1.807) is 0 Å². The molecule has 2 unspecified atom stereocenters. The van der Waals surface area contributed by atoms with E-state index in [1.807, 2.05) is 33.3 Å². The van der Waals surface area contributed by atoms with Crippen LogP contribution in [-0.2, 0) is 33.3 Å². The van der Waals surface area contributed by atoms with E-state index in [-0.39, 0.29) is 32.7 Å². The Bertz CT molecular complexity index is 1810. The van der Waals surface area contributed by atoms with Crippen molar-refractivity contribution in [3.63, 3.8) is 0 Å². The number of carboxylic acids is 1. The number of nitrogens with zero attached hydrogens (tertiary/aromatic N) is 1. The highest BCUT2D eigenvalue weighted by molar-refractivity contribution is 5.71. The van der Waals surface area contributed by atoms with Gasteiger partial charge in [-0.2, -0.15) is 0 Å². The van der Waals surface area contributed by atoms with E-state index < -0.39 is 30.3 Å². The summed E-state index contributed by atoms with van der Waals surface area (Å²) in [4.78, 5) is 37.3. The van der Waals surface area contributed by atoms with Crippen molar-refractivity contribution in [1.82, 2.24) is 0 Å².